The smallest absolute Gasteiger partial charge is 0.206 e. The Morgan fingerprint density at radius 2 is 1.97 bits per heavy atom. The number of benzene rings is 1. The van der Waals surface area contributed by atoms with Crippen LogP contribution in [0.15, 0.2) is 78.5 Å². The van der Waals surface area contributed by atoms with Gasteiger partial charge in [-0.3, -0.25) is 13.8 Å². The van der Waals surface area contributed by atoms with E-state index in [1.165, 1.54) is 0 Å². The van der Waals surface area contributed by atoms with Crippen LogP contribution in [0, 0.1) is 6.92 Å². The summed E-state index contributed by atoms with van der Waals surface area (Å²) in [5.41, 5.74) is 8.83. The molecular weight excluding hydrogens is 428 g/mol. The summed E-state index contributed by atoms with van der Waals surface area (Å²) in [5.74, 6) is 3.35. The van der Waals surface area contributed by atoms with E-state index in [1.54, 1.807) is 27.8 Å². The first kappa shape index (κ1) is 21.4. The third kappa shape index (κ3) is 3.49. The predicted octanol–water partition coefficient (Wildman–Crippen LogP) is 3.33. The van der Waals surface area contributed by atoms with Gasteiger partial charge in [-0.15, -0.1) is 10.2 Å². The zero-order valence-corrected chi connectivity index (χ0v) is 19.4. The number of aromatic nitrogens is 7. The van der Waals surface area contributed by atoms with Crippen LogP contribution >= 0.6 is 0 Å². The van der Waals surface area contributed by atoms with E-state index < -0.39 is 0 Å². The molecule has 10 heteroatoms. The summed E-state index contributed by atoms with van der Waals surface area (Å²) in [4.78, 5) is 11.1. The highest BCUT2D eigenvalue weighted by molar-refractivity contribution is 5.86. The highest BCUT2D eigenvalue weighted by Crippen LogP contribution is 2.40. The Balaban J connectivity index is 1.59. The first-order valence-electron chi connectivity index (χ1n) is 11.0. The largest absolute Gasteiger partial charge is 0.369 e. The number of anilines is 1. The van der Waals surface area contributed by atoms with Crippen LogP contribution in [0.4, 0.5) is 5.82 Å². The number of fused-ring (bicyclic) bond motifs is 1. The number of aryl methyl sites for hydroxylation is 2. The molecule has 2 N–H and O–H groups in total. The molecule has 0 radical (unpaired) electrons. The maximum Gasteiger partial charge on any atom is 0.206 e. The van der Waals surface area contributed by atoms with E-state index in [9.17, 15) is 0 Å². The summed E-state index contributed by atoms with van der Waals surface area (Å²) < 4.78 is 5.51. The van der Waals surface area contributed by atoms with Crippen LogP contribution in [0.25, 0.3) is 17.1 Å². The number of rotatable bonds is 4. The lowest BCUT2D eigenvalue weighted by atomic mass is 10.1. The molecule has 4 heterocycles. The van der Waals surface area contributed by atoms with Gasteiger partial charge in [-0.05, 0) is 13.3 Å². The molecule has 1 aromatic carbocycles. The second kappa shape index (κ2) is 8.47. The molecule has 0 saturated heterocycles. The van der Waals surface area contributed by atoms with Crippen molar-refractivity contribution < 1.29 is 0 Å². The van der Waals surface area contributed by atoms with Gasteiger partial charge in [0.2, 0.25) is 5.96 Å². The third-order valence-electron chi connectivity index (χ3n) is 5.86. The summed E-state index contributed by atoms with van der Waals surface area (Å²) in [7, 11) is 1.89. The van der Waals surface area contributed by atoms with Crippen LogP contribution in [0.5, 0.6) is 0 Å². The molecule has 1 atom stereocenters. The monoisotopic (exact) mass is 454 g/mol. The van der Waals surface area contributed by atoms with E-state index in [2.05, 4.69) is 43.7 Å². The van der Waals surface area contributed by atoms with Gasteiger partial charge in [-0.2, -0.15) is 5.10 Å². The lowest BCUT2D eigenvalue weighted by Crippen LogP contribution is -2.36. The Morgan fingerprint density at radius 3 is 2.68 bits per heavy atom. The highest BCUT2D eigenvalue weighted by Gasteiger charge is 2.36. The Kier molecular flexibility index (Phi) is 5.33. The molecule has 1 aliphatic rings. The van der Waals surface area contributed by atoms with Crippen LogP contribution in [-0.4, -0.2) is 40.1 Å². The lowest BCUT2D eigenvalue weighted by molar-refractivity contribution is 0.573. The predicted molar refractivity (Wildman–Crippen MR) is 132 cm³/mol. The maximum absolute atomic E-state index is 6.41. The van der Waals surface area contributed by atoms with E-state index in [0.29, 0.717) is 5.82 Å². The molecule has 4 aromatic rings. The molecule has 1 unspecified atom stereocenters. The number of nitrogens with zero attached hydrogens (tertiary/aromatic N) is 9. The van der Waals surface area contributed by atoms with Gasteiger partial charge >= 0.3 is 0 Å². The van der Waals surface area contributed by atoms with Crippen LogP contribution in [0.1, 0.15) is 31.0 Å². The lowest BCUT2D eigenvalue weighted by Gasteiger charge is -2.38. The first-order valence-corrected chi connectivity index (χ1v) is 11.0. The molecule has 0 bridgehead atoms. The fourth-order valence-electron chi connectivity index (χ4n) is 4.25. The Labute approximate surface area is 197 Å². The molecule has 10 nitrogen and oxygen atoms in total. The number of hydrogen-bond acceptors (Lipinski definition) is 6. The van der Waals surface area contributed by atoms with Crippen molar-refractivity contribution in [2.24, 2.45) is 17.8 Å². The number of nitrogens with two attached hydrogens (primary N) is 1. The van der Waals surface area contributed by atoms with Crippen molar-refractivity contribution in [1.29, 1.82) is 0 Å². The Hall–Kier alpha value is -4.47. The van der Waals surface area contributed by atoms with Gasteiger partial charge < -0.3 is 10.6 Å². The minimum absolute atomic E-state index is 0.0552. The minimum atomic E-state index is -0.0552. The Morgan fingerprint density at radius 1 is 1.18 bits per heavy atom. The average Bonchev–Trinajstić information content (AvgIpc) is 3.59. The molecule has 1 aliphatic heterocycles. The standard InChI is InChI=1S/C24H26N10/c1-5-19-23-29-28-17(3)34(23)20(16(2)33(19)21-11-13-31(4)30-21)15-27-24(25)32-14-12-26-22(32)18-9-7-6-8-10-18/h6-15,19H,2,5H2,1,3-4H3,(H2,25,27)/b20-15+. The van der Waals surface area contributed by atoms with Gasteiger partial charge in [0, 0.05) is 37.3 Å². The summed E-state index contributed by atoms with van der Waals surface area (Å²) in [5, 5.41) is 13.4. The van der Waals surface area contributed by atoms with E-state index in [0.717, 1.165) is 40.8 Å². The molecule has 5 rings (SSSR count). The van der Waals surface area contributed by atoms with Crippen LogP contribution in [-0.2, 0) is 7.05 Å². The molecule has 0 spiro atoms. The minimum Gasteiger partial charge on any atom is -0.369 e. The first-order chi connectivity index (χ1) is 16.5. The van der Waals surface area contributed by atoms with Crippen LogP contribution in [0.3, 0.4) is 0 Å². The fraction of sp³-hybridized carbons (Fsp3) is 0.208. The third-order valence-corrected chi connectivity index (χ3v) is 5.86. The summed E-state index contributed by atoms with van der Waals surface area (Å²) in [6.45, 7) is 8.41. The maximum atomic E-state index is 6.41. The Bertz CT molecular complexity index is 1400. The molecule has 3 aromatic heterocycles. The summed E-state index contributed by atoms with van der Waals surface area (Å²) in [6, 6.07) is 11.8. The second-order valence-corrected chi connectivity index (χ2v) is 8.02. The molecule has 0 amide bonds. The van der Waals surface area contributed by atoms with Crippen molar-refractivity contribution in [2.45, 2.75) is 26.3 Å². The number of hydrogen-bond donors (Lipinski definition) is 1. The summed E-state index contributed by atoms with van der Waals surface area (Å²) >= 11 is 0. The van der Waals surface area contributed by atoms with Crippen molar-refractivity contribution in [3.05, 3.63) is 85.1 Å². The van der Waals surface area contributed by atoms with E-state index in [1.807, 2.05) is 61.1 Å². The van der Waals surface area contributed by atoms with Gasteiger partial charge in [0.15, 0.2) is 11.6 Å². The topological polar surface area (TPSA) is 108 Å². The van der Waals surface area contributed by atoms with Crippen molar-refractivity contribution in [2.75, 3.05) is 4.90 Å². The molecular formula is C24H26N10. The van der Waals surface area contributed by atoms with Crippen molar-refractivity contribution in [3.63, 3.8) is 0 Å². The van der Waals surface area contributed by atoms with E-state index in [-0.39, 0.29) is 12.0 Å². The van der Waals surface area contributed by atoms with Crippen molar-refractivity contribution in [1.82, 2.24) is 34.1 Å². The molecule has 0 aliphatic carbocycles. The normalized spacial score (nSPS) is 17.4. The van der Waals surface area contributed by atoms with Crippen molar-refractivity contribution in [3.8, 4) is 11.4 Å². The number of aliphatic imine (C=N–C) groups is 1. The van der Waals surface area contributed by atoms with Gasteiger partial charge in [0.05, 0.1) is 23.6 Å². The summed E-state index contributed by atoms with van der Waals surface area (Å²) in [6.07, 6.45) is 7.91. The molecule has 0 fully saturated rings. The van der Waals surface area contributed by atoms with E-state index >= 15 is 0 Å². The van der Waals surface area contributed by atoms with Crippen LogP contribution in [0.2, 0.25) is 0 Å². The number of imidazole rings is 1. The van der Waals surface area contributed by atoms with Gasteiger partial charge in [-0.1, -0.05) is 43.8 Å². The van der Waals surface area contributed by atoms with Gasteiger partial charge in [0.25, 0.3) is 0 Å². The highest BCUT2D eigenvalue weighted by atomic mass is 15.4. The second-order valence-electron chi connectivity index (χ2n) is 8.02. The van der Waals surface area contributed by atoms with Gasteiger partial charge in [0.1, 0.15) is 11.6 Å². The number of allylic oxidation sites excluding steroid dienone is 1. The average molecular weight is 455 g/mol. The molecule has 0 saturated carbocycles. The SMILES string of the molecule is C=C1/C(=C\N=C(/N)n2ccnc2-c2ccccc2)n2c(C)nnc2C(CC)N1c1ccn(C)n1. The van der Waals surface area contributed by atoms with Crippen molar-refractivity contribution >= 4 is 17.5 Å². The quantitative estimate of drug-likeness (QED) is 0.374. The zero-order valence-electron chi connectivity index (χ0n) is 19.4. The molecule has 172 valence electrons. The van der Waals surface area contributed by atoms with Crippen LogP contribution < -0.4 is 10.6 Å². The fourth-order valence-corrected chi connectivity index (χ4v) is 4.25. The molecule has 34 heavy (non-hydrogen) atoms. The van der Waals surface area contributed by atoms with Gasteiger partial charge in [-0.25, -0.2) is 9.98 Å². The van der Waals surface area contributed by atoms with E-state index in [4.69, 9.17) is 5.73 Å². The zero-order chi connectivity index (χ0) is 23.8.